The highest BCUT2D eigenvalue weighted by Crippen LogP contribution is 2.48. The lowest BCUT2D eigenvalue weighted by molar-refractivity contribution is 0.815. The summed E-state index contributed by atoms with van der Waals surface area (Å²) in [4.78, 5) is 1.52. The number of hydrogen-bond acceptors (Lipinski definition) is 2. The van der Waals surface area contributed by atoms with Gasteiger partial charge in [0.05, 0.1) is 0 Å². The Morgan fingerprint density at radius 1 is 1.70 bits per heavy atom. The largest absolute Gasteiger partial charge is 0.330 e. The van der Waals surface area contributed by atoms with E-state index in [2.05, 4.69) is 17.5 Å². The van der Waals surface area contributed by atoms with E-state index in [4.69, 9.17) is 5.73 Å². The number of thiophene rings is 1. The minimum absolute atomic E-state index is 0.790. The fourth-order valence-corrected chi connectivity index (χ4v) is 2.29. The second kappa shape index (κ2) is 2.36. The van der Waals surface area contributed by atoms with Crippen molar-refractivity contribution in [3.8, 4) is 0 Å². The molecule has 0 amide bonds. The summed E-state index contributed by atoms with van der Waals surface area (Å²) in [6, 6.07) is 4.33. The zero-order valence-corrected chi connectivity index (χ0v) is 6.60. The van der Waals surface area contributed by atoms with Gasteiger partial charge in [-0.05, 0) is 36.2 Å². The molecule has 0 aromatic carbocycles. The van der Waals surface area contributed by atoms with Crippen molar-refractivity contribution >= 4 is 11.3 Å². The summed E-state index contributed by atoms with van der Waals surface area (Å²) in [5.74, 6) is 1.60. The van der Waals surface area contributed by atoms with Crippen molar-refractivity contribution in [1.82, 2.24) is 0 Å². The summed E-state index contributed by atoms with van der Waals surface area (Å²) < 4.78 is 0. The van der Waals surface area contributed by atoms with Gasteiger partial charge in [0.2, 0.25) is 0 Å². The van der Waals surface area contributed by atoms with Gasteiger partial charge in [0, 0.05) is 4.88 Å². The predicted octanol–water partition coefficient (Wildman–Crippen LogP) is 1.81. The van der Waals surface area contributed by atoms with Gasteiger partial charge < -0.3 is 5.73 Å². The van der Waals surface area contributed by atoms with Crippen LogP contribution in [0.15, 0.2) is 17.5 Å². The minimum Gasteiger partial charge on any atom is -0.330 e. The Kier molecular flexibility index (Phi) is 1.51. The van der Waals surface area contributed by atoms with Crippen LogP contribution in [0.4, 0.5) is 0 Å². The van der Waals surface area contributed by atoms with Crippen LogP contribution in [-0.4, -0.2) is 6.54 Å². The van der Waals surface area contributed by atoms with E-state index in [-0.39, 0.29) is 0 Å². The van der Waals surface area contributed by atoms with E-state index >= 15 is 0 Å². The molecule has 0 saturated heterocycles. The van der Waals surface area contributed by atoms with Gasteiger partial charge in [-0.25, -0.2) is 0 Å². The number of rotatable bonds is 2. The highest BCUT2D eigenvalue weighted by Gasteiger charge is 2.37. The molecule has 1 fully saturated rings. The van der Waals surface area contributed by atoms with Crippen molar-refractivity contribution in [1.29, 1.82) is 0 Å². The smallest absolute Gasteiger partial charge is 0.00795 e. The SMILES string of the molecule is NC[C@@H]1C[C@H]1c1cccs1. The summed E-state index contributed by atoms with van der Waals surface area (Å²) in [5, 5.41) is 2.14. The summed E-state index contributed by atoms with van der Waals surface area (Å²) >= 11 is 1.86. The maximum Gasteiger partial charge on any atom is 0.00795 e. The molecule has 0 spiro atoms. The topological polar surface area (TPSA) is 26.0 Å². The third-order valence-electron chi connectivity index (χ3n) is 2.13. The molecule has 1 aliphatic carbocycles. The quantitative estimate of drug-likeness (QED) is 0.689. The Labute approximate surface area is 64.9 Å². The molecule has 2 rings (SSSR count). The van der Waals surface area contributed by atoms with Crippen molar-refractivity contribution in [2.45, 2.75) is 12.3 Å². The van der Waals surface area contributed by atoms with Crippen LogP contribution in [0, 0.1) is 5.92 Å². The first-order chi connectivity index (χ1) is 4.92. The molecule has 1 aromatic heterocycles. The van der Waals surface area contributed by atoms with E-state index in [9.17, 15) is 0 Å². The monoisotopic (exact) mass is 153 g/mol. The standard InChI is InChI=1S/C8H11NS/c9-5-6-4-7(6)8-2-1-3-10-8/h1-3,6-7H,4-5,9H2/t6-,7+/m0/s1. The lowest BCUT2D eigenvalue weighted by atomic mass is 10.3. The summed E-state index contributed by atoms with van der Waals surface area (Å²) in [6.45, 7) is 0.864. The van der Waals surface area contributed by atoms with Crippen molar-refractivity contribution in [3.63, 3.8) is 0 Å². The van der Waals surface area contributed by atoms with Gasteiger partial charge in [-0.15, -0.1) is 11.3 Å². The van der Waals surface area contributed by atoms with E-state index < -0.39 is 0 Å². The van der Waals surface area contributed by atoms with Gasteiger partial charge in [-0.2, -0.15) is 0 Å². The lowest BCUT2D eigenvalue weighted by Gasteiger charge is -1.89. The zero-order valence-electron chi connectivity index (χ0n) is 5.79. The van der Waals surface area contributed by atoms with Gasteiger partial charge in [-0.1, -0.05) is 6.07 Å². The van der Waals surface area contributed by atoms with Gasteiger partial charge in [0.15, 0.2) is 0 Å². The Hall–Kier alpha value is -0.340. The van der Waals surface area contributed by atoms with Crippen LogP contribution in [0.3, 0.4) is 0 Å². The van der Waals surface area contributed by atoms with Crippen LogP contribution in [-0.2, 0) is 0 Å². The fraction of sp³-hybridized carbons (Fsp3) is 0.500. The second-order valence-corrected chi connectivity index (χ2v) is 3.83. The minimum atomic E-state index is 0.790. The Morgan fingerprint density at radius 3 is 3.10 bits per heavy atom. The molecule has 2 N–H and O–H groups in total. The molecule has 2 atom stereocenters. The third kappa shape index (κ3) is 0.976. The van der Waals surface area contributed by atoms with E-state index in [0.29, 0.717) is 0 Å². The molecule has 1 saturated carbocycles. The van der Waals surface area contributed by atoms with Gasteiger partial charge in [0.1, 0.15) is 0 Å². The molecule has 0 radical (unpaired) electrons. The third-order valence-corrected chi connectivity index (χ3v) is 3.14. The Morgan fingerprint density at radius 2 is 2.60 bits per heavy atom. The van der Waals surface area contributed by atoms with Crippen LogP contribution >= 0.6 is 11.3 Å². The van der Waals surface area contributed by atoms with E-state index in [1.54, 1.807) is 0 Å². The number of hydrogen-bond donors (Lipinski definition) is 1. The second-order valence-electron chi connectivity index (χ2n) is 2.85. The molecular formula is C8H11NS. The highest BCUT2D eigenvalue weighted by atomic mass is 32.1. The first kappa shape index (κ1) is 6.38. The molecule has 54 valence electrons. The molecule has 0 aliphatic heterocycles. The first-order valence-electron chi connectivity index (χ1n) is 3.65. The Balaban J connectivity index is 2.05. The summed E-state index contributed by atoms with van der Waals surface area (Å²) in [5.41, 5.74) is 5.53. The average molecular weight is 153 g/mol. The zero-order chi connectivity index (χ0) is 6.97. The molecular weight excluding hydrogens is 142 g/mol. The maximum absolute atomic E-state index is 5.53. The molecule has 2 heteroatoms. The molecule has 1 aromatic rings. The average Bonchev–Trinajstić information content (AvgIpc) is 2.56. The van der Waals surface area contributed by atoms with Gasteiger partial charge in [0.25, 0.3) is 0 Å². The van der Waals surface area contributed by atoms with Crippen LogP contribution in [0.2, 0.25) is 0 Å². The summed E-state index contributed by atoms with van der Waals surface area (Å²) in [7, 11) is 0. The molecule has 10 heavy (non-hydrogen) atoms. The van der Waals surface area contributed by atoms with Crippen molar-refractivity contribution < 1.29 is 0 Å². The van der Waals surface area contributed by atoms with Crippen LogP contribution in [0.5, 0.6) is 0 Å². The van der Waals surface area contributed by atoms with Crippen LogP contribution < -0.4 is 5.73 Å². The molecule has 1 heterocycles. The van der Waals surface area contributed by atoms with E-state index in [1.165, 1.54) is 11.3 Å². The highest BCUT2D eigenvalue weighted by molar-refractivity contribution is 7.10. The maximum atomic E-state index is 5.53. The summed E-state index contributed by atoms with van der Waals surface area (Å²) in [6.07, 6.45) is 1.32. The molecule has 1 aliphatic rings. The van der Waals surface area contributed by atoms with Crippen molar-refractivity contribution in [2.24, 2.45) is 11.7 Å². The van der Waals surface area contributed by atoms with E-state index in [1.807, 2.05) is 11.3 Å². The van der Waals surface area contributed by atoms with E-state index in [0.717, 1.165) is 18.4 Å². The number of nitrogens with two attached hydrogens (primary N) is 1. The Bertz CT molecular complexity index is 205. The van der Waals surface area contributed by atoms with Crippen molar-refractivity contribution in [3.05, 3.63) is 22.4 Å². The lowest BCUT2D eigenvalue weighted by Crippen LogP contribution is -2.01. The predicted molar refractivity (Wildman–Crippen MR) is 44.2 cm³/mol. The van der Waals surface area contributed by atoms with Crippen molar-refractivity contribution in [2.75, 3.05) is 6.54 Å². The first-order valence-corrected chi connectivity index (χ1v) is 4.53. The molecule has 0 unspecified atom stereocenters. The van der Waals surface area contributed by atoms with Gasteiger partial charge in [-0.3, -0.25) is 0 Å². The molecule has 0 bridgehead atoms. The normalized spacial score (nSPS) is 30.5. The van der Waals surface area contributed by atoms with Crippen LogP contribution in [0.25, 0.3) is 0 Å². The van der Waals surface area contributed by atoms with Gasteiger partial charge >= 0.3 is 0 Å². The van der Waals surface area contributed by atoms with Crippen LogP contribution in [0.1, 0.15) is 17.2 Å². The molecule has 1 nitrogen and oxygen atoms in total. The fourth-order valence-electron chi connectivity index (χ4n) is 1.36.